The minimum Gasteiger partial charge on any atom is -0.375 e. The van der Waals surface area contributed by atoms with Crippen LogP contribution in [-0.2, 0) is 53.5 Å². The molecule has 0 spiro atoms. The van der Waals surface area contributed by atoms with E-state index in [4.69, 9.17) is 18.9 Å². The van der Waals surface area contributed by atoms with E-state index in [1.165, 1.54) is 28.4 Å². The van der Waals surface area contributed by atoms with Gasteiger partial charge in [-0.05, 0) is 28.2 Å². The lowest BCUT2D eigenvalue weighted by Crippen LogP contribution is -2.52. The molecule has 1 aromatic rings. The zero-order valence-electron chi connectivity index (χ0n) is 14.7. The molecule has 0 saturated carbocycles. The van der Waals surface area contributed by atoms with Gasteiger partial charge in [0.25, 0.3) is 0 Å². The topological polar surface area (TPSA) is 80.3 Å². The van der Waals surface area contributed by atoms with Gasteiger partial charge in [-0.2, -0.15) is 21.6 Å². The van der Waals surface area contributed by atoms with Crippen molar-refractivity contribution in [2.24, 2.45) is 0 Å². The van der Waals surface area contributed by atoms with E-state index in [1.807, 2.05) is 0 Å². The monoisotopic (exact) mass is 524 g/mol. The Hall–Kier alpha value is -0.670. The largest absolute Gasteiger partial charge is 0.534 e. The van der Waals surface area contributed by atoms with Crippen LogP contribution in [0.2, 0.25) is 0 Å². The van der Waals surface area contributed by atoms with Gasteiger partial charge in [-0.1, -0.05) is 0 Å². The van der Waals surface area contributed by atoms with Crippen LogP contribution < -0.4 is 4.18 Å². The van der Waals surface area contributed by atoms with Gasteiger partial charge in [0.1, 0.15) is 0 Å². The third-order valence-corrected chi connectivity index (χ3v) is 7.06. The van der Waals surface area contributed by atoms with Gasteiger partial charge in [-0.25, -0.2) is 0 Å². The first-order valence-electron chi connectivity index (χ1n) is 7.53. The molecule has 0 aliphatic heterocycles. The maximum Gasteiger partial charge on any atom is 0.534 e. The van der Waals surface area contributed by atoms with Crippen molar-refractivity contribution in [1.29, 1.82) is 0 Å². The van der Waals surface area contributed by atoms with E-state index >= 15 is 0 Å². The molecule has 0 heterocycles. The first-order chi connectivity index (χ1) is 12.4. The molecular weight excluding hydrogens is 508 g/mol. The van der Waals surface area contributed by atoms with Crippen molar-refractivity contribution in [2.75, 3.05) is 28.4 Å². The summed E-state index contributed by atoms with van der Waals surface area (Å²) in [5.74, 6) is -2.75. The Labute approximate surface area is 167 Å². The van der Waals surface area contributed by atoms with Gasteiger partial charge in [-0.3, -0.25) is 0 Å². The third kappa shape index (κ3) is 2.71. The molecule has 7 nitrogen and oxygen atoms in total. The van der Waals surface area contributed by atoms with E-state index in [0.717, 1.165) is 0 Å². The lowest BCUT2D eigenvalue weighted by molar-refractivity contribution is -0.254. The molecule has 0 amide bonds. The number of benzene rings is 1. The van der Waals surface area contributed by atoms with Gasteiger partial charge in [0, 0.05) is 58.0 Å². The minimum atomic E-state index is -5.82. The van der Waals surface area contributed by atoms with Gasteiger partial charge >= 0.3 is 15.6 Å². The zero-order valence-corrected chi connectivity index (χ0v) is 17.7. The molecule has 0 bridgehead atoms. The van der Waals surface area contributed by atoms with Crippen molar-refractivity contribution < 1.29 is 44.7 Å². The molecule has 152 valence electrons. The predicted octanol–water partition coefficient (Wildman–Crippen LogP) is 2.52. The van der Waals surface area contributed by atoms with E-state index in [0.29, 0.717) is 16.7 Å². The number of alkyl halides is 3. The van der Waals surface area contributed by atoms with Crippen LogP contribution in [0.3, 0.4) is 0 Å². The molecule has 12 heteroatoms. The van der Waals surface area contributed by atoms with Crippen LogP contribution in [0, 0.1) is 3.57 Å². The van der Waals surface area contributed by atoms with Crippen LogP contribution in [0.1, 0.15) is 22.3 Å². The molecule has 1 aromatic carbocycles. The van der Waals surface area contributed by atoms with Crippen molar-refractivity contribution in [3.8, 4) is 5.75 Å². The molecule has 0 aromatic heterocycles. The lowest BCUT2D eigenvalue weighted by Gasteiger charge is -2.51. The number of hydrogen-bond acceptors (Lipinski definition) is 7. The van der Waals surface area contributed by atoms with Crippen LogP contribution in [-0.4, -0.2) is 42.4 Å². The van der Waals surface area contributed by atoms with E-state index in [2.05, 4.69) is 4.18 Å². The fraction of sp³-hybridized carbons (Fsp3) is 0.600. The molecule has 2 aliphatic rings. The van der Waals surface area contributed by atoms with Crippen molar-refractivity contribution in [1.82, 2.24) is 0 Å². The second-order valence-corrected chi connectivity index (χ2v) is 8.63. The van der Waals surface area contributed by atoms with Crippen LogP contribution in [0.25, 0.3) is 0 Å². The quantitative estimate of drug-likeness (QED) is 0.245. The summed E-state index contributed by atoms with van der Waals surface area (Å²) in [6.07, 6.45) is 0.206. The van der Waals surface area contributed by atoms with E-state index < -0.39 is 27.2 Å². The fourth-order valence-electron chi connectivity index (χ4n) is 3.51. The Morgan fingerprint density at radius 2 is 1.30 bits per heavy atom. The van der Waals surface area contributed by atoms with Crippen molar-refractivity contribution in [3.05, 3.63) is 25.8 Å². The minimum absolute atomic E-state index is 0.00480. The Kier molecular flexibility index (Phi) is 5.00. The van der Waals surface area contributed by atoms with E-state index in [9.17, 15) is 21.6 Å². The molecule has 0 radical (unpaired) electrons. The standard InChI is InChI=1S/C15H16F3IO7S/c1-22-13(23-2)5-7-9(13)10-8(6-14(10,24-3)25-4)12(11(7)19)26-27(20,21)15(16,17)18/h5-6H2,1-4H3. The number of rotatable bonds is 6. The van der Waals surface area contributed by atoms with Crippen LogP contribution >= 0.6 is 22.6 Å². The number of methoxy groups -OCH3 is 4. The Morgan fingerprint density at radius 3 is 1.70 bits per heavy atom. The van der Waals surface area contributed by atoms with Gasteiger partial charge in [0.15, 0.2) is 17.3 Å². The molecular formula is C15H16F3IO7S. The number of hydrogen-bond donors (Lipinski definition) is 0. The maximum atomic E-state index is 12.8. The van der Waals surface area contributed by atoms with Crippen LogP contribution in [0.5, 0.6) is 5.75 Å². The molecule has 3 rings (SSSR count). The Balaban J connectivity index is 2.25. The van der Waals surface area contributed by atoms with E-state index in [1.54, 1.807) is 22.6 Å². The molecule has 0 N–H and O–H groups in total. The number of fused-ring (bicyclic) bond motifs is 3. The Bertz CT molecular complexity index is 890. The molecule has 0 unspecified atom stereocenters. The van der Waals surface area contributed by atoms with Crippen LogP contribution in [0.15, 0.2) is 0 Å². The summed E-state index contributed by atoms with van der Waals surface area (Å²) in [4.78, 5) is 0. The highest BCUT2D eigenvalue weighted by Gasteiger charge is 2.59. The van der Waals surface area contributed by atoms with E-state index in [-0.39, 0.29) is 27.7 Å². The van der Waals surface area contributed by atoms with Crippen LogP contribution in [0.4, 0.5) is 13.2 Å². The van der Waals surface area contributed by atoms with Gasteiger partial charge in [0.05, 0.1) is 3.57 Å². The first-order valence-corrected chi connectivity index (χ1v) is 10.0. The zero-order chi connectivity index (χ0) is 20.4. The second-order valence-electron chi connectivity index (χ2n) is 6.01. The first kappa shape index (κ1) is 21.0. The molecule has 0 fully saturated rings. The summed E-state index contributed by atoms with van der Waals surface area (Å²) in [6, 6.07) is 0. The van der Waals surface area contributed by atoms with Gasteiger partial charge in [-0.15, -0.1) is 0 Å². The Morgan fingerprint density at radius 1 is 0.889 bits per heavy atom. The molecule has 2 aliphatic carbocycles. The predicted molar refractivity (Wildman–Crippen MR) is 93.6 cm³/mol. The van der Waals surface area contributed by atoms with Gasteiger partial charge < -0.3 is 23.1 Å². The SMILES string of the molecule is COC1(OC)Cc2c(I)c(OS(=O)(=O)C(F)(F)F)c3c(c21)C(OC)(OC)C3. The normalized spacial score (nSPS) is 19.6. The average molecular weight is 524 g/mol. The maximum absolute atomic E-state index is 12.8. The lowest BCUT2D eigenvalue weighted by atomic mass is 9.67. The van der Waals surface area contributed by atoms with Gasteiger partial charge in [0.2, 0.25) is 0 Å². The summed E-state index contributed by atoms with van der Waals surface area (Å²) >= 11 is 1.76. The molecule has 0 atom stereocenters. The van der Waals surface area contributed by atoms with Crippen molar-refractivity contribution in [3.63, 3.8) is 0 Å². The third-order valence-electron chi connectivity index (χ3n) is 4.97. The van der Waals surface area contributed by atoms with Crippen molar-refractivity contribution >= 4 is 32.7 Å². The average Bonchev–Trinajstić information content (AvgIpc) is 2.56. The highest BCUT2D eigenvalue weighted by Crippen LogP contribution is 2.59. The second kappa shape index (κ2) is 6.42. The molecule has 0 saturated heterocycles. The summed E-state index contributed by atoms with van der Waals surface area (Å²) in [7, 11) is -0.197. The summed E-state index contributed by atoms with van der Waals surface area (Å²) in [6.45, 7) is 0. The highest BCUT2D eigenvalue weighted by atomic mass is 127. The summed E-state index contributed by atoms with van der Waals surface area (Å²) < 4.78 is 88.1. The summed E-state index contributed by atoms with van der Waals surface area (Å²) in [5, 5.41) is 0. The number of ether oxygens (including phenoxy) is 4. The fourth-order valence-corrected chi connectivity index (χ4v) is 5.05. The highest BCUT2D eigenvalue weighted by molar-refractivity contribution is 14.1. The smallest absolute Gasteiger partial charge is 0.375 e. The number of halogens is 4. The molecule has 27 heavy (non-hydrogen) atoms. The van der Waals surface area contributed by atoms with Crippen molar-refractivity contribution in [2.45, 2.75) is 29.9 Å². The summed E-state index contributed by atoms with van der Waals surface area (Å²) in [5.41, 5.74) is -3.82.